The fraction of sp³-hybridized carbons (Fsp3) is 1.00. The maximum absolute atomic E-state index is 5.79. The number of hydrogen-bond acceptors (Lipinski definition) is 3. The van der Waals surface area contributed by atoms with Crippen LogP contribution < -0.4 is 10.6 Å². The van der Waals surface area contributed by atoms with Crippen LogP contribution in [0.1, 0.15) is 19.8 Å². The summed E-state index contributed by atoms with van der Waals surface area (Å²) in [7, 11) is 0. The van der Waals surface area contributed by atoms with Crippen LogP contribution in [0.4, 0.5) is 0 Å². The van der Waals surface area contributed by atoms with E-state index >= 15 is 0 Å². The van der Waals surface area contributed by atoms with E-state index in [9.17, 15) is 0 Å². The van der Waals surface area contributed by atoms with Crippen LogP contribution in [0.2, 0.25) is 0 Å². The van der Waals surface area contributed by atoms with Gasteiger partial charge >= 0.3 is 0 Å². The third-order valence-electron chi connectivity index (χ3n) is 3.04. The lowest BCUT2D eigenvalue weighted by Crippen LogP contribution is -2.49. The first-order valence-electron chi connectivity index (χ1n) is 5.42. The summed E-state index contributed by atoms with van der Waals surface area (Å²) in [5, 5.41) is 6.87. The molecule has 2 aliphatic heterocycles. The van der Waals surface area contributed by atoms with Crippen molar-refractivity contribution < 1.29 is 4.74 Å². The Morgan fingerprint density at radius 3 is 2.62 bits per heavy atom. The van der Waals surface area contributed by atoms with Crippen molar-refractivity contribution in [3.8, 4) is 0 Å². The summed E-state index contributed by atoms with van der Waals surface area (Å²) in [5.74, 6) is 1.41. The predicted octanol–water partition coefficient (Wildman–Crippen LogP) is 0.568. The molecule has 13 heavy (non-hydrogen) atoms. The molecule has 2 unspecified atom stereocenters. The Hall–Kier alpha value is -0.120. The van der Waals surface area contributed by atoms with Crippen molar-refractivity contribution >= 4 is 0 Å². The Labute approximate surface area is 80.2 Å². The van der Waals surface area contributed by atoms with Crippen LogP contribution in [0.25, 0.3) is 0 Å². The van der Waals surface area contributed by atoms with Crippen LogP contribution in [0, 0.1) is 11.8 Å². The van der Waals surface area contributed by atoms with Gasteiger partial charge in [0.1, 0.15) is 6.23 Å². The van der Waals surface area contributed by atoms with E-state index in [-0.39, 0.29) is 0 Å². The summed E-state index contributed by atoms with van der Waals surface area (Å²) in [6, 6.07) is 0. The zero-order valence-electron chi connectivity index (χ0n) is 8.38. The molecule has 3 heteroatoms. The van der Waals surface area contributed by atoms with Gasteiger partial charge in [0.05, 0.1) is 6.61 Å². The van der Waals surface area contributed by atoms with Gasteiger partial charge in [-0.2, -0.15) is 0 Å². The summed E-state index contributed by atoms with van der Waals surface area (Å²) in [6.45, 7) is 6.59. The van der Waals surface area contributed by atoms with E-state index in [4.69, 9.17) is 4.74 Å². The summed E-state index contributed by atoms with van der Waals surface area (Å²) < 4.78 is 5.79. The van der Waals surface area contributed by atoms with E-state index in [1.807, 2.05) is 0 Å². The second-order valence-corrected chi connectivity index (χ2v) is 4.35. The molecule has 2 N–H and O–H groups in total. The van der Waals surface area contributed by atoms with Crippen LogP contribution in [0.3, 0.4) is 0 Å². The quantitative estimate of drug-likeness (QED) is 0.625. The van der Waals surface area contributed by atoms with Crippen LogP contribution >= 0.6 is 0 Å². The predicted molar refractivity (Wildman–Crippen MR) is 52.5 cm³/mol. The maximum atomic E-state index is 5.79. The van der Waals surface area contributed by atoms with E-state index in [0.717, 1.165) is 32.2 Å². The summed E-state index contributed by atoms with van der Waals surface area (Å²) >= 11 is 0. The van der Waals surface area contributed by atoms with Crippen molar-refractivity contribution in [2.24, 2.45) is 11.8 Å². The van der Waals surface area contributed by atoms with Gasteiger partial charge in [-0.1, -0.05) is 6.92 Å². The van der Waals surface area contributed by atoms with Crippen LogP contribution in [-0.4, -0.2) is 32.5 Å². The molecule has 2 rings (SSSR count). The van der Waals surface area contributed by atoms with Gasteiger partial charge in [0, 0.05) is 12.5 Å². The summed E-state index contributed by atoms with van der Waals surface area (Å²) in [6.07, 6.45) is 2.84. The zero-order chi connectivity index (χ0) is 9.10. The molecular weight excluding hydrogens is 164 g/mol. The highest BCUT2D eigenvalue weighted by Gasteiger charge is 2.27. The van der Waals surface area contributed by atoms with Crippen molar-refractivity contribution in [1.82, 2.24) is 10.6 Å². The van der Waals surface area contributed by atoms with Gasteiger partial charge in [0.15, 0.2) is 0 Å². The molecule has 0 amide bonds. The topological polar surface area (TPSA) is 33.3 Å². The van der Waals surface area contributed by atoms with Crippen molar-refractivity contribution in [1.29, 1.82) is 0 Å². The Balaban J connectivity index is 1.79. The molecule has 0 saturated carbocycles. The largest absolute Gasteiger partial charge is 0.363 e. The Morgan fingerprint density at radius 2 is 2.00 bits per heavy atom. The molecular formula is C10H20N2O. The molecule has 3 nitrogen and oxygen atoms in total. The summed E-state index contributed by atoms with van der Waals surface area (Å²) in [5.41, 5.74) is 0. The molecule has 0 bridgehead atoms. The fourth-order valence-electron chi connectivity index (χ4n) is 2.15. The number of ether oxygens (including phenoxy) is 1. The van der Waals surface area contributed by atoms with Crippen molar-refractivity contribution in [3.05, 3.63) is 0 Å². The van der Waals surface area contributed by atoms with Crippen LogP contribution in [0.15, 0.2) is 0 Å². The van der Waals surface area contributed by atoms with E-state index in [1.165, 1.54) is 12.8 Å². The number of hydrogen-bond donors (Lipinski definition) is 2. The molecule has 2 aliphatic rings. The van der Waals surface area contributed by atoms with Crippen LogP contribution in [0.5, 0.6) is 0 Å². The molecule has 0 aliphatic carbocycles. The van der Waals surface area contributed by atoms with Gasteiger partial charge in [-0.15, -0.1) is 0 Å². The average Bonchev–Trinajstić information content (AvgIpc) is 2.20. The maximum Gasteiger partial charge on any atom is 0.111 e. The molecule has 2 atom stereocenters. The minimum Gasteiger partial charge on any atom is -0.363 e. The van der Waals surface area contributed by atoms with E-state index in [2.05, 4.69) is 17.6 Å². The highest BCUT2D eigenvalue weighted by Crippen LogP contribution is 2.20. The van der Waals surface area contributed by atoms with Gasteiger partial charge in [-0.05, 0) is 31.8 Å². The Bertz CT molecular complexity index is 149. The lowest BCUT2D eigenvalue weighted by atomic mass is 9.95. The van der Waals surface area contributed by atoms with Crippen molar-refractivity contribution in [2.45, 2.75) is 26.0 Å². The monoisotopic (exact) mass is 184 g/mol. The second kappa shape index (κ2) is 4.40. The van der Waals surface area contributed by atoms with Crippen molar-refractivity contribution in [2.75, 3.05) is 26.2 Å². The zero-order valence-corrected chi connectivity index (χ0v) is 8.38. The Kier molecular flexibility index (Phi) is 3.19. The second-order valence-electron chi connectivity index (χ2n) is 4.35. The number of nitrogens with one attached hydrogen (secondary N) is 2. The summed E-state index contributed by atoms with van der Waals surface area (Å²) in [4.78, 5) is 0. The van der Waals surface area contributed by atoms with E-state index in [1.54, 1.807) is 0 Å². The molecule has 2 heterocycles. The first-order chi connectivity index (χ1) is 6.36. The Morgan fingerprint density at radius 1 is 1.23 bits per heavy atom. The highest BCUT2D eigenvalue weighted by molar-refractivity contribution is 4.78. The van der Waals surface area contributed by atoms with Crippen molar-refractivity contribution in [3.63, 3.8) is 0 Å². The molecule has 0 radical (unpaired) electrons. The first-order valence-corrected chi connectivity index (χ1v) is 5.42. The van der Waals surface area contributed by atoms with E-state index in [0.29, 0.717) is 12.1 Å². The van der Waals surface area contributed by atoms with Gasteiger partial charge in [0.25, 0.3) is 0 Å². The SMILES string of the molecule is CC1CNC(C2CCNCC2)OC1. The molecule has 76 valence electrons. The molecule has 0 aromatic heterocycles. The van der Waals surface area contributed by atoms with Gasteiger partial charge in [-0.25, -0.2) is 0 Å². The number of rotatable bonds is 1. The first kappa shape index (κ1) is 9.44. The third-order valence-corrected chi connectivity index (χ3v) is 3.04. The fourth-order valence-corrected chi connectivity index (χ4v) is 2.15. The van der Waals surface area contributed by atoms with Gasteiger partial charge in [-0.3, -0.25) is 5.32 Å². The van der Waals surface area contributed by atoms with Gasteiger partial charge in [0.2, 0.25) is 0 Å². The lowest BCUT2D eigenvalue weighted by molar-refractivity contribution is -0.0627. The highest BCUT2D eigenvalue weighted by atomic mass is 16.5. The normalized spacial score (nSPS) is 37.6. The smallest absolute Gasteiger partial charge is 0.111 e. The lowest BCUT2D eigenvalue weighted by Gasteiger charge is -2.36. The van der Waals surface area contributed by atoms with Gasteiger partial charge < -0.3 is 10.1 Å². The minimum absolute atomic E-state index is 0.332. The van der Waals surface area contributed by atoms with E-state index < -0.39 is 0 Å². The standard InChI is InChI=1S/C10H20N2O/c1-8-6-12-10(13-7-8)9-2-4-11-5-3-9/h8-12H,2-7H2,1H3. The average molecular weight is 184 g/mol. The molecule has 0 spiro atoms. The van der Waals surface area contributed by atoms with Crippen LogP contribution in [-0.2, 0) is 4.74 Å². The minimum atomic E-state index is 0.332. The third kappa shape index (κ3) is 2.42. The molecule has 0 aromatic carbocycles. The molecule has 2 saturated heterocycles. The number of piperidine rings is 1. The molecule has 2 fully saturated rings. The molecule has 0 aromatic rings.